The summed E-state index contributed by atoms with van der Waals surface area (Å²) in [6.45, 7) is 1.59. The van der Waals surface area contributed by atoms with Crippen molar-refractivity contribution in [1.29, 1.82) is 0 Å². The highest BCUT2D eigenvalue weighted by molar-refractivity contribution is 5.97. The van der Waals surface area contributed by atoms with Gasteiger partial charge in [0, 0.05) is 5.21 Å². The molecule has 0 atom stereocenters. The van der Waals surface area contributed by atoms with Gasteiger partial charge in [0.2, 0.25) is 0 Å². The second-order valence-corrected chi connectivity index (χ2v) is 4.18. The maximum Gasteiger partial charge on any atom is 0.514 e. The Morgan fingerprint density at radius 1 is 1.50 bits per heavy atom. The standard InChI is InChI=1S/C11H11N7O4/c1-7(6-17-15-11(14-16-17)18(21)22)12-13-10(20)8-4-2-3-5-9(8)19/h2-5,19H,6H2,1H3,(H,13,20). The summed E-state index contributed by atoms with van der Waals surface area (Å²) >= 11 is 0. The Morgan fingerprint density at radius 3 is 2.86 bits per heavy atom. The topological polar surface area (TPSA) is 148 Å². The lowest BCUT2D eigenvalue weighted by atomic mass is 10.2. The maximum absolute atomic E-state index is 11.8. The first kappa shape index (κ1) is 15.0. The number of nitro groups is 1. The lowest BCUT2D eigenvalue weighted by molar-refractivity contribution is -0.394. The van der Waals surface area contributed by atoms with Gasteiger partial charge in [0.15, 0.2) is 0 Å². The van der Waals surface area contributed by atoms with Crippen molar-refractivity contribution in [2.45, 2.75) is 13.5 Å². The van der Waals surface area contributed by atoms with Gasteiger partial charge >= 0.3 is 5.95 Å². The van der Waals surface area contributed by atoms with Gasteiger partial charge in [-0.15, -0.1) is 0 Å². The predicted molar refractivity (Wildman–Crippen MR) is 73.2 cm³/mol. The first-order chi connectivity index (χ1) is 10.5. The van der Waals surface area contributed by atoms with Crippen LogP contribution in [0.5, 0.6) is 5.75 Å². The Morgan fingerprint density at radius 2 is 2.23 bits per heavy atom. The summed E-state index contributed by atoms with van der Waals surface area (Å²) in [6.07, 6.45) is 0. The van der Waals surface area contributed by atoms with Crippen LogP contribution in [0.25, 0.3) is 0 Å². The third kappa shape index (κ3) is 3.59. The fourth-order valence-electron chi connectivity index (χ4n) is 1.49. The number of benzene rings is 1. The number of rotatable bonds is 5. The molecule has 1 aromatic carbocycles. The number of carbonyl (C=O) groups is 1. The van der Waals surface area contributed by atoms with Gasteiger partial charge in [0.1, 0.15) is 12.3 Å². The van der Waals surface area contributed by atoms with Crippen LogP contribution < -0.4 is 5.43 Å². The summed E-state index contributed by atoms with van der Waals surface area (Å²) in [5.41, 5.74) is 2.72. The van der Waals surface area contributed by atoms with E-state index < -0.39 is 16.8 Å². The van der Waals surface area contributed by atoms with Gasteiger partial charge in [0.05, 0.1) is 21.5 Å². The van der Waals surface area contributed by atoms with Crippen LogP contribution in [0.15, 0.2) is 29.4 Å². The number of carbonyl (C=O) groups excluding carboxylic acids is 1. The molecule has 0 spiro atoms. The van der Waals surface area contributed by atoms with E-state index in [0.717, 1.165) is 4.80 Å². The van der Waals surface area contributed by atoms with Gasteiger partial charge in [-0.2, -0.15) is 5.10 Å². The third-order valence-electron chi connectivity index (χ3n) is 2.47. The minimum absolute atomic E-state index is 0.0158. The van der Waals surface area contributed by atoms with Crippen LogP contribution in [-0.4, -0.2) is 41.9 Å². The normalized spacial score (nSPS) is 11.2. The van der Waals surface area contributed by atoms with Crippen molar-refractivity contribution in [2.24, 2.45) is 5.10 Å². The quantitative estimate of drug-likeness (QED) is 0.451. The molecule has 2 rings (SSSR count). The van der Waals surface area contributed by atoms with Gasteiger partial charge < -0.3 is 15.2 Å². The van der Waals surface area contributed by atoms with E-state index in [-0.39, 0.29) is 17.9 Å². The van der Waals surface area contributed by atoms with Crippen LogP contribution >= 0.6 is 0 Å². The molecule has 22 heavy (non-hydrogen) atoms. The number of aromatic hydroxyl groups is 1. The second kappa shape index (κ2) is 6.39. The third-order valence-corrected chi connectivity index (χ3v) is 2.47. The first-order valence-electron chi connectivity index (χ1n) is 6.01. The monoisotopic (exact) mass is 305 g/mol. The summed E-state index contributed by atoms with van der Waals surface area (Å²) in [5.74, 6) is -1.37. The Hall–Kier alpha value is -3.37. The molecule has 0 unspecified atom stereocenters. The first-order valence-corrected chi connectivity index (χ1v) is 6.01. The number of phenols is 1. The zero-order valence-corrected chi connectivity index (χ0v) is 11.4. The number of para-hydroxylation sites is 1. The van der Waals surface area contributed by atoms with Gasteiger partial charge in [-0.05, 0) is 24.0 Å². The molecule has 0 bridgehead atoms. The number of phenolic OH excluding ortho intramolecular Hbond substituents is 1. The number of hydrogen-bond donors (Lipinski definition) is 2. The van der Waals surface area contributed by atoms with Crippen LogP contribution in [0, 0.1) is 10.1 Å². The van der Waals surface area contributed by atoms with Crippen molar-refractivity contribution >= 4 is 17.6 Å². The van der Waals surface area contributed by atoms with Gasteiger partial charge in [0.25, 0.3) is 5.91 Å². The molecule has 2 N–H and O–H groups in total. The number of nitrogens with zero attached hydrogens (tertiary/aromatic N) is 6. The molecule has 1 heterocycles. The molecule has 1 aromatic heterocycles. The maximum atomic E-state index is 11.8. The van der Waals surface area contributed by atoms with Crippen LogP contribution in [0.3, 0.4) is 0 Å². The number of tetrazole rings is 1. The zero-order chi connectivity index (χ0) is 16.1. The van der Waals surface area contributed by atoms with E-state index in [4.69, 9.17) is 0 Å². The van der Waals surface area contributed by atoms with E-state index in [1.807, 2.05) is 0 Å². The summed E-state index contributed by atoms with van der Waals surface area (Å²) in [6, 6.07) is 6.01. The van der Waals surface area contributed by atoms with Crippen molar-refractivity contribution in [3.63, 3.8) is 0 Å². The predicted octanol–water partition coefficient (Wildman–Crippen LogP) is 0.0928. The molecule has 0 aliphatic heterocycles. The smallest absolute Gasteiger partial charge is 0.507 e. The van der Waals surface area contributed by atoms with E-state index in [9.17, 15) is 20.0 Å². The summed E-state index contributed by atoms with van der Waals surface area (Å²) in [5, 5.41) is 34.0. The molecule has 11 heteroatoms. The van der Waals surface area contributed by atoms with Gasteiger partial charge in [-0.25, -0.2) is 5.43 Å². The Balaban J connectivity index is 1.99. The molecular weight excluding hydrogens is 294 g/mol. The zero-order valence-electron chi connectivity index (χ0n) is 11.4. The number of hydrogen-bond acceptors (Lipinski definition) is 8. The number of aromatic nitrogens is 4. The summed E-state index contributed by atoms with van der Waals surface area (Å²) < 4.78 is 0. The Labute approximate surface area is 123 Å². The molecule has 0 saturated heterocycles. The highest BCUT2D eigenvalue weighted by Gasteiger charge is 2.15. The SMILES string of the molecule is CC(Cn1nnc([N+](=O)[O-])n1)=NNC(=O)c1ccccc1O. The molecule has 2 aromatic rings. The lowest BCUT2D eigenvalue weighted by Gasteiger charge is -2.03. The number of amides is 1. The Bertz CT molecular complexity index is 740. The number of hydrazone groups is 1. The van der Waals surface area contributed by atoms with E-state index in [1.165, 1.54) is 12.1 Å². The Kier molecular flexibility index (Phi) is 4.36. The average Bonchev–Trinajstić information content (AvgIpc) is 2.94. The fraction of sp³-hybridized carbons (Fsp3) is 0.182. The van der Waals surface area contributed by atoms with Crippen molar-refractivity contribution in [3.8, 4) is 5.75 Å². The second-order valence-electron chi connectivity index (χ2n) is 4.18. The average molecular weight is 305 g/mol. The van der Waals surface area contributed by atoms with Crippen LogP contribution in [0.4, 0.5) is 5.95 Å². The van der Waals surface area contributed by atoms with Crippen molar-refractivity contribution in [3.05, 3.63) is 39.9 Å². The number of nitrogens with one attached hydrogen (secondary N) is 1. The molecule has 1 amide bonds. The van der Waals surface area contributed by atoms with Crippen molar-refractivity contribution < 1.29 is 14.8 Å². The van der Waals surface area contributed by atoms with Gasteiger partial charge in [-0.3, -0.25) is 4.79 Å². The minimum atomic E-state index is -0.768. The molecule has 0 fully saturated rings. The summed E-state index contributed by atoms with van der Waals surface area (Å²) in [7, 11) is 0. The molecule has 11 nitrogen and oxygen atoms in total. The molecule has 114 valence electrons. The summed E-state index contributed by atoms with van der Waals surface area (Å²) in [4.78, 5) is 22.4. The van der Waals surface area contributed by atoms with Crippen LogP contribution in [0.1, 0.15) is 17.3 Å². The van der Waals surface area contributed by atoms with E-state index in [2.05, 4.69) is 25.9 Å². The lowest BCUT2D eigenvalue weighted by Crippen LogP contribution is -2.21. The minimum Gasteiger partial charge on any atom is -0.507 e. The fourth-order valence-corrected chi connectivity index (χ4v) is 1.49. The van der Waals surface area contributed by atoms with Crippen molar-refractivity contribution in [1.82, 2.24) is 25.6 Å². The van der Waals surface area contributed by atoms with Crippen LogP contribution in [-0.2, 0) is 6.54 Å². The van der Waals surface area contributed by atoms with E-state index in [1.54, 1.807) is 19.1 Å². The molecule has 0 radical (unpaired) electrons. The highest BCUT2D eigenvalue weighted by Crippen LogP contribution is 2.14. The molecular formula is C11H11N7O4. The van der Waals surface area contributed by atoms with E-state index >= 15 is 0 Å². The van der Waals surface area contributed by atoms with E-state index in [0.29, 0.717) is 5.71 Å². The van der Waals surface area contributed by atoms with Crippen molar-refractivity contribution in [2.75, 3.05) is 0 Å². The largest absolute Gasteiger partial charge is 0.514 e. The van der Waals surface area contributed by atoms with Gasteiger partial charge in [-0.1, -0.05) is 16.9 Å². The molecule has 0 aliphatic carbocycles. The highest BCUT2D eigenvalue weighted by atomic mass is 16.6. The molecule has 0 saturated carbocycles. The van der Waals surface area contributed by atoms with Crippen LogP contribution in [0.2, 0.25) is 0 Å². The molecule has 0 aliphatic rings.